The molecule has 1 heterocycles. The molecule has 2 rings (SSSR count). The van der Waals surface area contributed by atoms with Gasteiger partial charge in [0, 0.05) is 16.9 Å². The summed E-state index contributed by atoms with van der Waals surface area (Å²) in [5, 5.41) is 10.5. The normalized spacial score (nSPS) is 10.0. The first-order valence-corrected chi connectivity index (χ1v) is 5.30. The van der Waals surface area contributed by atoms with Crippen LogP contribution in [-0.4, -0.2) is 4.98 Å². The van der Waals surface area contributed by atoms with Crippen LogP contribution in [0, 0.1) is 11.3 Å². The zero-order valence-electron chi connectivity index (χ0n) is 7.37. The minimum absolute atomic E-state index is 0.601. The zero-order chi connectivity index (χ0) is 9.97. The van der Waals surface area contributed by atoms with Crippen LogP contribution in [-0.2, 0) is 5.33 Å². The summed E-state index contributed by atoms with van der Waals surface area (Å²) in [5.74, 6) is 0. The van der Waals surface area contributed by atoms with Crippen LogP contribution >= 0.6 is 15.9 Å². The van der Waals surface area contributed by atoms with Gasteiger partial charge in [-0.25, -0.2) is 0 Å². The molecular formula is C11H7BrN2. The number of fused-ring (bicyclic) bond motifs is 1. The number of hydrogen-bond acceptors (Lipinski definition) is 2. The molecular weight excluding hydrogens is 240 g/mol. The second-order valence-electron chi connectivity index (χ2n) is 3.00. The average Bonchev–Trinajstić information content (AvgIpc) is 2.27. The van der Waals surface area contributed by atoms with Crippen molar-refractivity contribution in [1.82, 2.24) is 4.98 Å². The van der Waals surface area contributed by atoms with Gasteiger partial charge in [-0.15, -0.1) is 0 Å². The van der Waals surface area contributed by atoms with E-state index >= 15 is 0 Å². The van der Waals surface area contributed by atoms with E-state index in [1.807, 2.05) is 24.3 Å². The number of halogens is 1. The van der Waals surface area contributed by atoms with E-state index in [-0.39, 0.29) is 0 Å². The van der Waals surface area contributed by atoms with E-state index in [9.17, 15) is 0 Å². The van der Waals surface area contributed by atoms with Crippen LogP contribution in [0.5, 0.6) is 0 Å². The molecule has 0 spiro atoms. The van der Waals surface area contributed by atoms with Gasteiger partial charge in [0.15, 0.2) is 0 Å². The third-order valence-corrected chi connectivity index (χ3v) is 2.68. The Labute approximate surface area is 90.3 Å². The molecule has 0 aliphatic heterocycles. The molecule has 2 aromatic rings. The van der Waals surface area contributed by atoms with Crippen molar-refractivity contribution in [3.8, 4) is 6.07 Å². The number of nitrogens with zero attached hydrogens (tertiary/aromatic N) is 2. The SMILES string of the molecule is N#Cc1cnc2cc(CBr)ccc2c1. The van der Waals surface area contributed by atoms with Crippen molar-refractivity contribution >= 4 is 26.8 Å². The Balaban J connectivity index is 2.64. The molecule has 1 aromatic heterocycles. The fourth-order valence-electron chi connectivity index (χ4n) is 1.31. The third kappa shape index (κ3) is 1.61. The van der Waals surface area contributed by atoms with Crippen LogP contribution in [0.25, 0.3) is 10.9 Å². The van der Waals surface area contributed by atoms with Crippen molar-refractivity contribution in [1.29, 1.82) is 5.26 Å². The van der Waals surface area contributed by atoms with Gasteiger partial charge in [-0.2, -0.15) is 5.26 Å². The highest BCUT2D eigenvalue weighted by Crippen LogP contribution is 2.16. The summed E-state index contributed by atoms with van der Waals surface area (Å²) in [5.41, 5.74) is 2.72. The fourth-order valence-corrected chi connectivity index (χ4v) is 1.66. The highest BCUT2D eigenvalue weighted by atomic mass is 79.9. The van der Waals surface area contributed by atoms with Crippen LogP contribution in [0.2, 0.25) is 0 Å². The van der Waals surface area contributed by atoms with Crippen molar-refractivity contribution in [3.63, 3.8) is 0 Å². The summed E-state index contributed by atoms with van der Waals surface area (Å²) in [6.07, 6.45) is 1.60. The van der Waals surface area contributed by atoms with Gasteiger partial charge < -0.3 is 0 Å². The quantitative estimate of drug-likeness (QED) is 0.726. The Morgan fingerprint density at radius 3 is 2.93 bits per heavy atom. The van der Waals surface area contributed by atoms with Gasteiger partial charge in [0.25, 0.3) is 0 Å². The molecule has 0 radical (unpaired) electrons. The Morgan fingerprint density at radius 2 is 2.21 bits per heavy atom. The smallest absolute Gasteiger partial charge is 0.101 e. The highest BCUT2D eigenvalue weighted by Gasteiger charge is 1.98. The topological polar surface area (TPSA) is 36.7 Å². The lowest BCUT2D eigenvalue weighted by molar-refractivity contribution is 1.35. The Hall–Kier alpha value is -1.40. The van der Waals surface area contributed by atoms with Crippen molar-refractivity contribution in [3.05, 3.63) is 41.6 Å². The van der Waals surface area contributed by atoms with Gasteiger partial charge in [0.05, 0.1) is 11.1 Å². The molecule has 0 saturated heterocycles. The fraction of sp³-hybridized carbons (Fsp3) is 0.0909. The molecule has 0 fully saturated rings. The van der Waals surface area contributed by atoms with Gasteiger partial charge in [-0.1, -0.05) is 28.1 Å². The summed E-state index contributed by atoms with van der Waals surface area (Å²) >= 11 is 3.39. The molecule has 1 aromatic carbocycles. The number of rotatable bonds is 1. The average molecular weight is 247 g/mol. The first-order valence-electron chi connectivity index (χ1n) is 4.18. The van der Waals surface area contributed by atoms with E-state index in [4.69, 9.17) is 5.26 Å². The van der Waals surface area contributed by atoms with Crippen molar-refractivity contribution < 1.29 is 0 Å². The maximum Gasteiger partial charge on any atom is 0.101 e. The molecule has 2 nitrogen and oxygen atoms in total. The summed E-state index contributed by atoms with van der Waals surface area (Å²) in [6.45, 7) is 0. The van der Waals surface area contributed by atoms with Gasteiger partial charge in [0.1, 0.15) is 6.07 Å². The summed E-state index contributed by atoms with van der Waals surface area (Å²) in [6, 6.07) is 9.96. The second-order valence-corrected chi connectivity index (χ2v) is 3.56. The van der Waals surface area contributed by atoms with Crippen LogP contribution in [0.15, 0.2) is 30.5 Å². The third-order valence-electron chi connectivity index (χ3n) is 2.03. The monoisotopic (exact) mass is 246 g/mol. The largest absolute Gasteiger partial charge is 0.255 e. The van der Waals surface area contributed by atoms with Crippen LogP contribution in [0.1, 0.15) is 11.1 Å². The van der Waals surface area contributed by atoms with E-state index in [2.05, 4.69) is 27.0 Å². The maximum absolute atomic E-state index is 8.70. The Kier molecular flexibility index (Phi) is 2.47. The maximum atomic E-state index is 8.70. The lowest BCUT2D eigenvalue weighted by atomic mass is 10.1. The lowest BCUT2D eigenvalue weighted by Crippen LogP contribution is -1.84. The number of pyridine rings is 1. The molecule has 0 amide bonds. The standard InChI is InChI=1S/C11H7BrN2/c12-5-8-1-2-10-3-9(6-13)7-14-11(10)4-8/h1-4,7H,5H2. The molecule has 0 aliphatic carbocycles. The zero-order valence-corrected chi connectivity index (χ0v) is 8.95. The molecule has 0 unspecified atom stereocenters. The van der Waals surface area contributed by atoms with Crippen molar-refractivity contribution in [2.45, 2.75) is 5.33 Å². The van der Waals surface area contributed by atoms with E-state index in [0.29, 0.717) is 5.56 Å². The van der Waals surface area contributed by atoms with E-state index in [0.717, 1.165) is 16.2 Å². The minimum Gasteiger partial charge on any atom is -0.255 e. The molecule has 68 valence electrons. The Bertz CT molecular complexity index is 514. The molecule has 3 heteroatoms. The van der Waals surface area contributed by atoms with E-state index in [1.54, 1.807) is 6.20 Å². The predicted octanol–water partition coefficient (Wildman–Crippen LogP) is 3.00. The van der Waals surface area contributed by atoms with Crippen LogP contribution in [0.3, 0.4) is 0 Å². The summed E-state index contributed by atoms with van der Waals surface area (Å²) in [7, 11) is 0. The van der Waals surface area contributed by atoms with Crippen LogP contribution in [0.4, 0.5) is 0 Å². The molecule has 14 heavy (non-hydrogen) atoms. The Morgan fingerprint density at radius 1 is 1.36 bits per heavy atom. The van der Waals surface area contributed by atoms with Gasteiger partial charge >= 0.3 is 0 Å². The first-order chi connectivity index (χ1) is 6.83. The van der Waals surface area contributed by atoms with Gasteiger partial charge in [-0.05, 0) is 17.7 Å². The molecule has 0 aliphatic rings. The summed E-state index contributed by atoms with van der Waals surface area (Å²) < 4.78 is 0. The van der Waals surface area contributed by atoms with Crippen molar-refractivity contribution in [2.24, 2.45) is 0 Å². The molecule has 0 N–H and O–H groups in total. The lowest BCUT2D eigenvalue weighted by Gasteiger charge is -1.99. The summed E-state index contributed by atoms with van der Waals surface area (Å²) in [4.78, 5) is 4.22. The molecule has 0 saturated carbocycles. The minimum atomic E-state index is 0.601. The van der Waals surface area contributed by atoms with Crippen LogP contribution < -0.4 is 0 Å². The second kappa shape index (κ2) is 3.77. The number of aromatic nitrogens is 1. The van der Waals surface area contributed by atoms with Gasteiger partial charge in [-0.3, -0.25) is 4.98 Å². The predicted molar refractivity (Wildman–Crippen MR) is 59.1 cm³/mol. The van der Waals surface area contributed by atoms with Crippen molar-refractivity contribution in [2.75, 3.05) is 0 Å². The number of alkyl halides is 1. The first kappa shape index (κ1) is 9.17. The molecule has 0 bridgehead atoms. The molecule has 0 atom stereocenters. The van der Waals surface area contributed by atoms with Gasteiger partial charge in [0.2, 0.25) is 0 Å². The number of nitriles is 1. The highest BCUT2D eigenvalue weighted by molar-refractivity contribution is 9.08. The van der Waals surface area contributed by atoms with E-state index in [1.165, 1.54) is 5.56 Å². The van der Waals surface area contributed by atoms with E-state index < -0.39 is 0 Å². The number of benzene rings is 1. The number of hydrogen-bond donors (Lipinski definition) is 0.